The number of carbonyl (C=O) groups excluding carboxylic acids is 1. The van der Waals surface area contributed by atoms with Crippen molar-refractivity contribution < 1.29 is 9.21 Å². The van der Waals surface area contributed by atoms with Crippen LogP contribution in [0.5, 0.6) is 0 Å². The molecular formula is C10H12N2O2. The average molecular weight is 192 g/mol. The zero-order valence-corrected chi connectivity index (χ0v) is 7.82. The highest BCUT2D eigenvalue weighted by Gasteiger charge is 2.05. The van der Waals surface area contributed by atoms with Gasteiger partial charge >= 0.3 is 0 Å². The van der Waals surface area contributed by atoms with Gasteiger partial charge in [0.25, 0.3) is 5.91 Å². The van der Waals surface area contributed by atoms with Crippen LogP contribution in [0.1, 0.15) is 29.8 Å². The maximum absolute atomic E-state index is 11.3. The zero-order valence-electron chi connectivity index (χ0n) is 7.82. The van der Waals surface area contributed by atoms with Gasteiger partial charge in [0.2, 0.25) is 0 Å². The maximum Gasteiger partial charge on any atom is 0.286 e. The molecule has 0 spiro atoms. The van der Waals surface area contributed by atoms with Gasteiger partial charge in [0.05, 0.1) is 12.3 Å². The molecule has 14 heavy (non-hydrogen) atoms. The van der Waals surface area contributed by atoms with Crippen molar-refractivity contribution in [3.63, 3.8) is 0 Å². The summed E-state index contributed by atoms with van der Waals surface area (Å²) in [5, 5.41) is 11.0. The topological polar surface area (TPSA) is 66.0 Å². The summed E-state index contributed by atoms with van der Waals surface area (Å²) in [4.78, 5) is 11.3. The van der Waals surface area contributed by atoms with Crippen molar-refractivity contribution >= 4 is 5.91 Å². The molecule has 4 nitrogen and oxygen atoms in total. The van der Waals surface area contributed by atoms with E-state index in [0.29, 0.717) is 18.7 Å². The number of unbranched alkanes of at least 4 members (excludes halogenated alkanes) is 2. The first-order valence-electron chi connectivity index (χ1n) is 4.53. The quantitative estimate of drug-likeness (QED) is 0.722. The number of carbonyl (C=O) groups is 1. The van der Waals surface area contributed by atoms with E-state index in [1.165, 1.54) is 6.26 Å². The van der Waals surface area contributed by atoms with Crippen molar-refractivity contribution in [1.82, 2.24) is 5.32 Å². The summed E-state index contributed by atoms with van der Waals surface area (Å²) in [6.45, 7) is 0.585. The molecule has 0 aliphatic heterocycles. The van der Waals surface area contributed by atoms with Gasteiger partial charge in [-0.25, -0.2) is 0 Å². The normalized spacial score (nSPS) is 9.36. The molecule has 0 unspecified atom stereocenters. The molecule has 0 fully saturated rings. The lowest BCUT2D eigenvalue weighted by Gasteiger charge is -2.00. The highest BCUT2D eigenvalue weighted by molar-refractivity contribution is 5.91. The minimum Gasteiger partial charge on any atom is -0.459 e. The number of nitrogens with zero attached hydrogens (tertiary/aromatic N) is 1. The van der Waals surface area contributed by atoms with Crippen LogP contribution in [0, 0.1) is 11.3 Å². The molecule has 0 radical (unpaired) electrons. The Labute approximate surface area is 82.5 Å². The van der Waals surface area contributed by atoms with Crippen LogP contribution in [0.25, 0.3) is 0 Å². The fourth-order valence-electron chi connectivity index (χ4n) is 1.03. The Kier molecular flexibility index (Phi) is 4.29. The zero-order chi connectivity index (χ0) is 10.2. The van der Waals surface area contributed by atoms with Crippen LogP contribution in [0.15, 0.2) is 22.8 Å². The smallest absolute Gasteiger partial charge is 0.286 e. The van der Waals surface area contributed by atoms with E-state index in [2.05, 4.69) is 11.4 Å². The second-order valence-electron chi connectivity index (χ2n) is 2.85. The molecule has 1 aromatic heterocycles. The molecule has 1 heterocycles. The maximum atomic E-state index is 11.3. The molecule has 1 amide bonds. The number of hydrogen-bond donors (Lipinski definition) is 1. The van der Waals surface area contributed by atoms with Crippen LogP contribution >= 0.6 is 0 Å². The van der Waals surface area contributed by atoms with Crippen LogP contribution in [-0.4, -0.2) is 12.5 Å². The summed E-state index contributed by atoms with van der Waals surface area (Å²) >= 11 is 0. The van der Waals surface area contributed by atoms with E-state index in [1.807, 2.05) is 0 Å². The van der Waals surface area contributed by atoms with Crippen LogP contribution in [-0.2, 0) is 0 Å². The third kappa shape index (κ3) is 3.31. The number of furan rings is 1. The first-order chi connectivity index (χ1) is 6.84. The highest BCUT2D eigenvalue weighted by atomic mass is 16.3. The van der Waals surface area contributed by atoms with Crippen molar-refractivity contribution in [2.45, 2.75) is 19.3 Å². The summed E-state index contributed by atoms with van der Waals surface area (Å²) in [5.41, 5.74) is 0. The summed E-state index contributed by atoms with van der Waals surface area (Å²) in [6.07, 6.45) is 3.64. The Hall–Kier alpha value is -1.76. The number of nitriles is 1. The molecule has 0 aliphatic rings. The molecule has 74 valence electrons. The Morgan fingerprint density at radius 1 is 1.57 bits per heavy atom. The minimum absolute atomic E-state index is 0.202. The van der Waals surface area contributed by atoms with Gasteiger partial charge in [-0.1, -0.05) is 0 Å². The van der Waals surface area contributed by atoms with Crippen molar-refractivity contribution in [2.75, 3.05) is 6.54 Å². The Balaban J connectivity index is 2.14. The van der Waals surface area contributed by atoms with Gasteiger partial charge in [-0.3, -0.25) is 4.79 Å². The fraction of sp³-hybridized carbons (Fsp3) is 0.400. The molecule has 0 saturated carbocycles. The van der Waals surface area contributed by atoms with Gasteiger partial charge < -0.3 is 9.73 Å². The summed E-state index contributed by atoms with van der Waals surface area (Å²) < 4.78 is 4.91. The number of amides is 1. The van der Waals surface area contributed by atoms with E-state index in [1.54, 1.807) is 12.1 Å². The van der Waals surface area contributed by atoms with Gasteiger partial charge in [0, 0.05) is 13.0 Å². The summed E-state index contributed by atoms with van der Waals surface area (Å²) in [5.74, 6) is 0.122. The van der Waals surface area contributed by atoms with Gasteiger partial charge in [0.1, 0.15) is 0 Å². The largest absolute Gasteiger partial charge is 0.459 e. The van der Waals surface area contributed by atoms with Gasteiger partial charge in [0.15, 0.2) is 5.76 Å². The second kappa shape index (κ2) is 5.81. The Morgan fingerprint density at radius 3 is 3.07 bits per heavy atom. The van der Waals surface area contributed by atoms with Crippen LogP contribution in [0.3, 0.4) is 0 Å². The lowest BCUT2D eigenvalue weighted by molar-refractivity contribution is 0.0925. The van der Waals surface area contributed by atoms with E-state index < -0.39 is 0 Å². The molecule has 0 atom stereocenters. The van der Waals surface area contributed by atoms with Crippen LogP contribution < -0.4 is 5.32 Å². The van der Waals surface area contributed by atoms with Gasteiger partial charge in [-0.2, -0.15) is 5.26 Å². The van der Waals surface area contributed by atoms with E-state index in [-0.39, 0.29) is 5.91 Å². The Morgan fingerprint density at radius 2 is 2.43 bits per heavy atom. The van der Waals surface area contributed by atoms with E-state index in [9.17, 15) is 4.79 Å². The van der Waals surface area contributed by atoms with Crippen molar-refractivity contribution in [3.05, 3.63) is 24.2 Å². The van der Waals surface area contributed by atoms with Crippen molar-refractivity contribution in [1.29, 1.82) is 5.26 Å². The first kappa shape index (κ1) is 10.3. The highest BCUT2D eigenvalue weighted by Crippen LogP contribution is 1.99. The Bertz CT molecular complexity index is 311. The lowest BCUT2D eigenvalue weighted by atomic mass is 10.2. The number of nitrogens with one attached hydrogen (secondary N) is 1. The molecule has 0 aliphatic carbocycles. The van der Waals surface area contributed by atoms with Crippen molar-refractivity contribution in [2.24, 2.45) is 0 Å². The monoisotopic (exact) mass is 192 g/mol. The lowest BCUT2D eigenvalue weighted by Crippen LogP contribution is -2.23. The van der Waals surface area contributed by atoms with E-state index >= 15 is 0 Å². The van der Waals surface area contributed by atoms with Crippen LogP contribution in [0.4, 0.5) is 0 Å². The van der Waals surface area contributed by atoms with E-state index in [4.69, 9.17) is 9.68 Å². The predicted octanol–water partition coefficient (Wildman–Crippen LogP) is 1.70. The SMILES string of the molecule is N#CCCCCNC(=O)c1ccco1. The number of rotatable bonds is 5. The average Bonchev–Trinajstić information content (AvgIpc) is 2.70. The van der Waals surface area contributed by atoms with E-state index in [0.717, 1.165) is 12.8 Å². The summed E-state index contributed by atoms with van der Waals surface area (Å²) in [7, 11) is 0. The molecular weight excluding hydrogens is 180 g/mol. The molecule has 1 aromatic rings. The van der Waals surface area contributed by atoms with Crippen molar-refractivity contribution in [3.8, 4) is 6.07 Å². The molecule has 1 rings (SSSR count). The van der Waals surface area contributed by atoms with Gasteiger partial charge in [-0.15, -0.1) is 0 Å². The molecule has 1 N–H and O–H groups in total. The molecule has 4 heteroatoms. The molecule has 0 saturated heterocycles. The third-order valence-corrected chi connectivity index (χ3v) is 1.75. The standard InChI is InChI=1S/C10H12N2O2/c11-6-2-1-3-7-12-10(13)9-5-4-8-14-9/h4-5,8H,1-3,7H2,(H,12,13). The summed E-state index contributed by atoms with van der Waals surface area (Å²) in [6, 6.07) is 5.34. The predicted molar refractivity (Wildman–Crippen MR) is 50.5 cm³/mol. The van der Waals surface area contributed by atoms with Crippen LogP contribution in [0.2, 0.25) is 0 Å². The van der Waals surface area contributed by atoms with Gasteiger partial charge in [-0.05, 0) is 25.0 Å². The molecule has 0 bridgehead atoms. The second-order valence-corrected chi connectivity index (χ2v) is 2.85. The first-order valence-corrected chi connectivity index (χ1v) is 4.53. The molecule has 0 aromatic carbocycles. The number of hydrogen-bond acceptors (Lipinski definition) is 3. The fourth-order valence-corrected chi connectivity index (χ4v) is 1.03. The minimum atomic E-state index is -0.202. The third-order valence-electron chi connectivity index (χ3n) is 1.75.